The zero-order valence-corrected chi connectivity index (χ0v) is 16.9. The number of imidazole rings is 1. The van der Waals surface area contributed by atoms with Gasteiger partial charge in [0.05, 0.1) is 5.52 Å². The van der Waals surface area contributed by atoms with Gasteiger partial charge in [0.15, 0.2) is 5.69 Å². The molecule has 0 aliphatic carbocycles. The number of carbonyl (C=O) groups excluding carboxylic acids is 2. The van der Waals surface area contributed by atoms with Crippen molar-refractivity contribution < 1.29 is 9.59 Å². The van der Waals surface area contributed by atoms with E-state index in [1.165, 1.54) is 4.90 Å². The summed E-state index contributed by atoms with van der Waals surface area (Å²) >= 11 is 0. The number of benzene rings is 2. The molecule has 0 atom stereocenters. The number of amides is 2. The lowest BCUT2D eigenvalue weighted by Gasteiger charge is -2.16. The smallest absolute Gasteiger partial charge is 0.294 e. The maximum Gasteiger partial charge on any atom is 0.294 e. The number of para-hydroxylation sites is 1. The lowest BCUT2D eigenvalue weighted by molar-refractivity contribution is 0.0782. The lowest BCUT2D eigenvalue weighted by Crippen LogP contribution is -2.29. The Labute approximate surface area is 175 Å². The Kier molecular flexibility index (Phi) is 5.30. The van der Waals surface area contributed by atoms with E-state index < -0.39 is 0 Å². The van der Waals surface area contributed by atoms with Crippen molar-refractivity contribution in [2.24, 2.45) is 0 Å². The van der Waals surface area contributed by atoms with E-state index in [1.54, 1.807) is 35.7 Å². The number of fused-ring (bicyclic) bond motifs is 1. The van der Waals surface area contributed by atoms with Gasteiger partial charge in [-0.15, -0.1) is 0 Å². The summed E-state index contributed by atoms with van der Waals surface area (Å²) in [5, 5.41) is 0. The highest BCUT2D eigenvalue weighted by Crippen LogP contribution is 2.19. The SMILES string of the molecule is CN(Cc1ccccc1)C(=O)c1nc(C(=O)N(C)c2ccccc2)n2ccccc12. The second-order valence-electron chi connectivity index (χ2n) is 7.09. The highest BCUT2D eigenvalue weighted by atomic mass is 16.2. The van der Waals surface area contributed by atoms with Crippen LogP contribution in [0, 0.1) is 0 Å². The molecule has 150 valence electrons. The van der Waals surface area contributed by atoms with Gasteiger partial charge in [-0.05, 0) is 29.8 Å². The fourth-order valence-electron chi connectivity index (χ4n) is 3.37. The van der Waals surface area contributed by atoms with Gasteiger partial charge in [-0.1, -0.05) is 54.6 Å². The van der Waals surface area contributed by atoms with Gasteiger partial charge in [0.25, 0.3) is 11.8 Å². The molecule has 30 heavy (non-hydrogen) atoms. The maximum atomic E-state index is 13.2. The molecule has 0 aliphatic rings. The van der Waals surface area contributed by atoms with Crippen molar-refractivity contribution >= 4 is 23.0 Å². The van der Waals surface area contributed by atoms with Gasteiger partial charge in [0, 0.05) is 32.5 Å². The molecule has 4 rings (SSSR count). The van der Waals surface area contributed by atoms with Crippen molar-refractivity contribution in [3.05, 3.63) is 102 Å². The van der Waals surface area contributed by atoms with Crippen LogP contribution in [0.4, 0.5) is 5.69 Å². The third-order valence-electron chi connectivity index (χ3n) is 5.00. The van der Waals surface area contributed by atoms with Gasteiger partial charge >= 0.3 is 0 Å². The van der Waals surface area contributed by atoms with Gasteiger partial charge in [0.1, 0.15) is 0 Å². The first kappa shape index (κ1) is 19.4. The molecule has 0 spiro atoms. The lowest BCUT2D eigenvalue weighted by atomic mass is 10.2. The summed E-state index contributed by atoms with van der Waals surface area (Å²) < 4.78 is 1.67. The van der Waals surface area contributed by atoms with Gasteiger partial charge < -0.3 is 9.80 Å². The van der Waals surface area contributed by atoms with E-state index in [0.29, 0.717) is 12.1 Å². The topological polar surface area (TPSA) is 57.9 Å². The van der Waals surface area contributed by atoms with Gasteiger partial charge in [-0.25, -0.2) is 4.98 Å². The minimum absolute atomic E-state index is 0.202. The molecular formula is C24H22N4O2. The van der Waals surface area contributed by atoms with Crippen LogP contribution in [0.1, 0.15) is 26.7 Å². The first-order valence-corrected chi connectivity index (χ1v) is 9.66. The molecule has 4 aromatic rings. The molecule has 2 amide bonds. The quantitative estimate of drug-likeness (QED) is 0.513. The minimum Gasteiger partial charge on any atom is -0.336 e. The van der Waals surface area contributed by atoms with Crippen LogP contribution in [0.3, 0.4) is 0 Å². The molecule has 0 saturated heterocycles. The Bertz CT molecular complexity index is 1190. The summed E-state index contributed by atoms with van der Waals surface area (Å²) in [4.78, 5) is 34.0. The highest BCUT2D eigenvalue weighted by Gasteiger charge is 2.25. The third-order valence-corrected chi connectivity index (χ3v) is 5.00. The van der Waals surface area contributed by atoms with Gasteiger partial charge in [-0.2, -0.15) is 0 Å². The first-order valence-electron chi connectivity index (χ1n) is 9.66. The summed E-state index contributed by atoms with van der Waals surface area (Å²) in [5.41, 5.74) is 2.65. The molecule has 0 aliphatic heterocycles. The first-order chi connectivity index (χ1) is 14.6. The number of anilines is 1. The Morgan fingerprint density at radius 1 is 0.833 bits per heavy atom. The Hall–Kier alpha value is -3.93. The van der Waals surface area contributed by atoms with Crippen molar-refractivity contribution in [3.8, 4) is 0 Å². The van der Waals surface area contributed by atoms with Crippen LogP contribution in [0.25, 0.3) is 5.52 Å². The van der Waals surface area contributed by atoms with E-state index >= 15 is 0 Å². The number of carbonyl (C=O) groups is 2. The molecule has 0 N–H and O–H groups in total. The molecule has 0 saturated carbocycles. The van der Waals surface area contributed by atoms with Crippen LogP contribution >= 0.6 is 0 Å². The fraction of sp³-hybridized carbons (Fsp3) is 0.125. The fourth-order valence-corrected chi connectivity index (χ4v) is 3.37. The average Bonchev–Trinajstić information content (AvgIpc) is 3.18. The third kappa shape index (κ3) is 3.67. The van der Waals surface area contributed by atoms with Crippen LogP contribution in [0.2, 0.25) is 0 Å². The summed E-state index contributed by atoms with van der Waals surface area (Å²) in [5.74, 6) is -0.315. The van der Waals surface area contributed by atoms with Crippen molar-refractivity contribution in [2.75, 3.05) is 19.0 Å². The second-order valence-corrected chi connectivity index (χ2v) is 7.09. The zero-order chi connectivity index (χ0) is 21.1. The Balaban J connectivity index is 1.68. The average molecular weight is 398 g/mol. The second kappa shape index (κ2) is 8.21. The molecular weight excluding hydrogens is 376 g/mol. The predicted octanol–water partition coefficient (Wildman–Crippen LogP) is 3.88. The number of rotatable bonds is 5. The van der Waals surface area contributed by atoms with Gasteiger partial charge in [-0.3, -0.25) is 14.0 Å². The maximum absolute atomic E-state index is 13.2. The number of aromatic nitrogens is 2. The van der Waals surface area contributed by atoms with Crippen molar-refractivity contribution in [3.63, 3.8) is 0 Å². The van der Waals surface area contributed by atoms with Crippen molar-refractivity contribution in [2.45, 2.75) is 6.54 Å². The summed E-state index contributed by atoms with van der Waals surface area (Å²) in [6, 6.07) is 24.6. The summed E-state index contributed by atoms with van der Waals surface area (Å²) in [7, 11) is 3.44. The van der Waals surface area contributed by atoms with E-state index in [9.17, 15) is 9.59 Å². The van der Waals surface area contributed by atoms with Crippen molar-refractivity contribution in [1.82, 2.24) is 14.3 Å². The number of nitrogens with zero attached hydrogens (tertiary/aromatic N) is 4. The normalized spacial score (nSPS) is 10.7. The molecule has 6 nitrogen and oxygen atoms in total. The largest absolute Gasteiger partial charge is 0.336 e. The molecule has 0 bridgehead atoms. The molecule has 2 aromatic heterocycles. The van der Waals surface area contributed by atoms with Crippen LogP contribution in [0.5, 0.6) is 0 Å². The van der Waals surface area contributed by atoms with E-state index in [-0.39, 0.29) is 23.3 Å². The van der Waals surface area contributed by atoms with Crippen LogP contribution in [0.15, 0.2) is 85.1 Å². The highest BCUT2D eigenvalue weighted by molar-refractivity contribution is 6.07. The van der Waals surface area contributed by atoms with Crippen LogP contribution in [-0.4, -0.2) is 40.2 Å². The molecule has 0 radical (unpaired) electrons. The van der Waals surface area contributed by atoms with Gasteiger partial charge in [0.2, 0.25) is 5.82 Å². The molecule has 2 heterocycles. The summed E-state index contributed by atoms with van der Waals surface area (Å²) in [6.07, 6.45) is 1.75. The molecule has 2 aromatic carbocycles. The molecule has 0 unspecified atom stereocenters. The standard InChI is InChI=1S/C24H22N4O2/c1-26(17-18-11-5-3-6-12-18)23(29)21-20-15-9-10-16-28(20)22(25-21)24(30)27(2)19-13-7-4-8-14-19/h3-16H,17H2,1-2H3. The predicted molar refractivity (Wildman–Crippen MR) is 117 cm³/mol. The Morgan fingerprint density at radius 3 is 2.17 bits per heavy atom. The molecule has 6 heteroatoms. The van der Waals surface area contributed by atoms with E-state index in [0.717, 1.165) is 11.3 Å². The number of hydrogen-bond donors (Lipinski definition) is 0. The zero-order valence-electron chi connectivity index (χ0n) is 16.9. The number of hydrogen-bond acceptors (Lipinski definition) is 3. The van der Waals surface area contributed by atoms with E-state index in [4.69, 9.17) is 0 Å². The molecule has 0 fully saturated rings. The monoisotopic (exact) mass is 398 g/mol. The number of pyridine rings is 1. The van der Waals surface area contributed by atoms with Crippen molar-refractivity contribution in [1.29, 1.82) is 0 Å². The summed E-state index contributed by atoms with van der Waals surface area (Å²) in [6.45, 7) is 0.457. The van der Waals surface area contributed by atoms with Crippen LogP contribution in [-0.2, 0) is 6.54 Å². The van der Waals surface area contributed by atoms with E-state index in [2.05, 4.69) is 4.98 Å². The Morgan fingerprint density at radius 2 is 1.47 bits per heavy atom. The van der Waals surface area contributed by atoms with E-state index in [1.807, 2.05) is 72.8 Å². The minimum atomic E-state index is -0.285. The van der Waals surface area contributed by atoms with Crippen LogP contribution < -0.4 is 4.90 Å².